The van der Waals surface area contributed by atoms with Crippen molar-refractivity contribution in [2.45, 2.75) is 30.7 Å². The second kappa shape index (κ2) is 5.34. The third kappa shape index (κ3) is 3.81. The van der Waals surface area contributed by atoms with Crippen molar-refractivity contribution in [1.82, 2.24) is 9.97 Å². The van der Waals surface area contributed by atoms with Gasteiger partial charge in [-0.25, -0.2) is 9.97 Å². The molecule has 0 saturated carbocycles. The Morgan fingerprint density at radius 3 is 2.84 bits per heavy atom. The van der Waals surface area contributed by atoms with Gasteiger partial charge in [-0.3, -0.25) is 9.00 Å². The second-order valence-electron chi connectivity index (χ2n) is 4.88. The molecule has 0 N–H and O–H groups in total. The van der Waals surface area contributed by atoms with Gasteiger partial charge >= 0.3 is 5.97 Å². The maximum absolute atomic E-state index is 12.0. The van der Waals surface area contributed by atoms with Gasteiger partial charge in [-0.1, -0.05) is 11.3 Å². The number of aromatic nitrogens is 2. The molecule has 0 fully saturated rings. The molecule has 102 valence electrons. The molecule has 2 heterocycles. The predicted molar refractivity (Wildman–Crippen MR) is 74.5 cm³/mol. The van der Waals surface area contributed by atoms with E-state index in [2.05, 4.69) is 9.97 Å². The van der Waals surface area contributed by atoms with Crippen LogP contribution in [-0.4, -0.2) is 31.5 Å². The number of rotatable bonds is 3. The molecular weight excluding hydrogens is 284 g/mol. The molecule has 0 aliphatic rings. The number of carbonyl (C=O) groups is 1. The SMILES string of the molecule is CC(C)(C)OC(=O)CS(=O)c1nc2cccnc2s1. The number of hydrogen-bond acceptors (Lipinski definition) is 6. The summed E-state index contributed by atoms with van der Waals surface area (Å²) in [6.45, 7) is 5.32. The lowest BCUT2D eigenvalue weighted by Gasteiger charge is -2.18. The van der Waals surface area contributed by atoms with Crippen LogP contribution in [0.1, 0.15) is 20.8 Å². The van der Waals surface area contributed by atoms with Gasteiger partial charge in [0.05, 0.1) is 10.8 Å². The highest BCUT2D eigenvalue weighted by atomic mass is 32.2. The molecule has 0 saturated heterocycles. The molecule has 0 bridgehead atoms. The zero-order valence-electron chi connectivity index (χ0n) is 10.9. The average molecular weight is 298 g/mol. The first-order valence-electron chi connectivity index (χ1n) is 5.67. The Labute approximate surface area is 117 Å². The summed E-state index contributed by atoms with van der Waals surface area (Å²) in [6.07, 6.45) is 1.65. The van der Waals surface area contributed by atoms with Crippen molar-refractivity contribution < 1.29 is 13.7 Å². The Morgan fingerprint density at radius 1 is 1.47 bits per heavy atom. The van der Waals surface area contributed by atoms with Gasteiger partial charge in [-0.15, -0.1) is 0 Å². The summed E-state index contributed by atoms with van der Waals surface area (Å²) < 4.78 is 17.6. The Balaban J connectivity index is 2.10. The molecule has 5 nitrogen and oxygen atoms in total. The van der Waals surface area contributed by atoms with Crippen molar-refractivity contribution in [1.29, 1.82) is 0 Å². The van der Waals surface area contributed by atoms with Crippen LogP contribution in [0.4, 0.5) is 0 Å². The summed E-state index contributed by atoms with van der Waals surface area (Å²) in [6, 6.07) is 3.57. The molecule has 0 spiro atoms. The van der Waals surface area contributed by atoms with Crippen molar-refractivity contribution in [3.63, 3.8) is 0 Å². The van der Waals surface area contributed by atoms with E-state index in [1.165, 1.54) is 11.3 Å². The molecule has 2 rings (SSSR count). The van der Waals surface area contributed by atoms with Crippen LogP contribution in [-0.2, 0) is 20.3 Å². The van der Waals surface area contributed by atoms with Gasteiger partial charge in [0, 0.05) is 6.20 Å². The number of nitrogens with zero attached hydrogens (tertiary/aromatic N) is 2. The van der Waals surface area contributed by atoms with Gasteiger partial charge in [0.25, 0.3) is 0 Å². The van der Waals surface area contributed by atoms with Gasteiger partial charge in [-0.2, -0.15) is 0 Å². The third-order valence-electron chi connectivity index (χ3n) is 2.01. The number of ether oxygens (including phenoxy) is 1. The highest BCUT2D eigenvalue weighted by molar-refractivity contribution is 7.88. The molecule has 19 heavy (non-hydrogen) atoms. The Morgan fingerprint density at radius 2 is 2.21 bits per heavy atom. The van der Waals surface area contributed by atoms with Gasteiger partial charge in [0.1, 0.15) is 21.7 Å². The van der Waals surface area contributed by atoms with Crippen LogP contribution in [0.25, 0.3) is 10.3 Å². The van der Waals surface area contributed by atoms with Crippen LogP contribution in [0.2, 0.25) is 0 Å². The Bertz CT molecular complexity index is 598. The van der Waals surface area contributed by atoms with Crippen molar-refractivity contribution >= 4 is 38.5 Å². The first-order chi connectivity index (χ1) is 8.85. The molecule has 2 aromatic heterocycles. The van der Waals surface area contributed by atoms with Crippen molar-refractivity contribution in [3.8, 4) is 0 Å². The maximum atomic E-state index is 12.0. The Hall–Kier alpha value is -1.34. The zero-order chi connectivity index (χ0) is 14.0. The van der Waals surface area contributed by atoms with Crippen molar-refractivity contribution in [2.24, 2.45) is 0 Å². The van der Waals surface area contributed by atoms with Crippen LogP contribution in [0.3, 0.4) is 0 Å². The fraction of sp³-hybridized carbons (Fsp3) is 0.417. The molecule has 0 amide bonds. The number of esters is 1. The van der Waals surface area contributed by atoms with Gasteiger partial charge < -0.3 is 4.74 Å². The quantitative estimate of drug-likeness (QED) is 0.812. The maximum Gasteiger partial charge on any atom is 0.319 e. The fourth-order valence-corrected chi connectivity index (χ4v) is 3.41. The zero-order valence-corrected chi connectivity index (χ0v) is 12.5. The fourth-order valence-electron chi connectivity index (χ4n) is 1.39. The van der Waals surface area contributed by atoms with E-state index in [1.54, 1.807) is 39.1 Å². The van der Waals surface area contributed by atoms with E-state index in [0.717, 1.165) is 4.83 Å². The number of thiazole rings is 1. The molecule has 1 atom stereocenters. The summed E-state index contributed by atoms with van der Waals surface area (Å²) in [7, 11) is -1.49. The first kappa shape index (κ1) is 14.1. The molecule has 0 aromatic carbocycles. The lowest BCUT2D eigenvalue weighted by Crippen LogP contribution is -2.27. The normalized spacial score (nSPS) is 13.4. The minimum atomic E-state index is -1.49. The monoisotopic (exact) mass is 298 g/mol. The summed E-state index contributed by atoms with van der Waals surface area (Å²) >= 11 is 1.24. The van der Waals surface area contributed by atoms with Crippen LogP contribution in [0.5, 0.6) is 0 Å². The largest absolute Gasteiger partial charge is 0.459 e. The third-order valence-corrected chi connectivity index (χ3v) is 4.57. The minimum absolute atomic E-state index is 0.183. The molecule has 0 radical (unpaired) electrons. The van der Waals surface area contributed by atoms with Gasteiger partial charge in [0.15, 0.2) is 4.34 Å². The first-order valence-corrected chi connectivity index (χ1v) is 7.80. The average Bonchev–Trinajstić information content (AvgIpc) is 2.69. The standard InChI is InChI=1S/C12H14N2O3S2/c1-12(2,3)17-9(15)7-19(16)11-14-8-5-4-6-13-10(8)18-11/h4-6H,7H2,1-3H3. The highest BCUT2D eigenvalue weighted by Crippen LogP contribution is 2.22. The summed E-state index contributed by atoms with van der Waals surface area (Å²) in [5.41, 5.74) is 0.121. The summed E-state index contributed by atoms with van der Waals surface area (Å²) in [4.78, 5) is 20.7. The van der Waals surface area contributed by atoms with Gasteiger partial charge in [-0.05, 0) is 32.9 Å². The van der Waals surface area contributed by atoms with E-state index in [9.17, 15) is 9.00 Å². The van der Waals surface area contributed by atoms with E-state index >= 15 is 0 Å². The topological polar surface area (TPSA) is 69.2 Å². The van der Waals surface area contributed by atoms with Gasteiger partial charge in [0.2, 0.25) is 0 Å². The molecule has 0 aliphatic heterocycles. The molecule has 2 aromatic rings. The number of hydrogen-bond donors (Lipinski definition) is 0. The van der Waals surface area contributed by atoms with E-state index in [1.807, 2.05) is 0 Å². The Kier molecular flexibility index (Phi) is 3.96. The molecule has 0 aliphatic carbocycles. The smallest absolute Gasteiger partial charge is 0.319 e. The van der Waals surface area contributed by atoms with E-state index in [0.29, 0.717) is 9.86 Å². The lowest BCUT2D eigenvalue weighted by atomic mass is 10.2. The van der Waals surface area contributed by atoms with E-state index < -0.39 is 22.4 Å². The predicted octanol–water partition coefficient (Wildman–Crippen LogP) is 2.14. The van der Waals surface area contributed by atoms with Crippen LogP contribution in [0.15, 0.2) is 22.7 Å². The lowest BCUT2D eigenvalue weighted by molar-refractivity contribution is -0.151. The molecular formula is C12H14N2O3S2. The summed E-state index contributed by atoms with van der Waals surface area (Å²) in [5, 5.41) is 0. The van der Waals surface area contributed by atoms with Crippen molar-refractivity contribution in [3.05, 3.63) is 18.3 Å². The highest BCUT2D eigenvalue weighted by Gasteiger charge is 2.20. The van der Waals surface area contributed by atoms with Crippen LogP contribution < -0.4 is 0 Å². The number of carbonyl (C=O) groups excluding carboxylic acids is 1. The molecule has 7 heteroatoms. The number of fused-ring (bicyclic) bond motifs is 1. The summed E-state index contributed by atoms with van der Waals surface area (Å²) in [5.74, 6) is -0.671. The van der Waals surface area contributed by atoms with Crippen molar-refractivity contribution in [2.75, 3.05) is 5.75 Å². The second-order valence-corrected chi connectivity index (χ2v) is 7.49. The number of pyridine rings is 1. The van der Waals surface area contributed by atoms with Crippen LogP contribution in [0, 0.1) is 0 Å². The molecule has 1 unspecified atom stereocenters. The van der Waals surface area contributed by atoms with Crippen LogP contribution >= 0.6 is 11.3 Å². The van der Waals surface area contributed by atoms with E-state index in [-0.39, 0.29) is 5.75 Å². The minimum Gasteiger partial charge on any atom is -0.459 e. The van der Waals surface area contributed by atoms with E-state index in [4.69, 9.17) is 4.74 Å².